The van der Waals surface area contributed by atoms with Gasteiger partial charge in [-0.1, -0.05) is 41.9 Å². The minimum atomic E-state index is -0.202. The quantitative estimate of drug-likeness (QED) is 0.281. The number of thiophene rings is 2. The Hall–Kier alpha value is -2.86. The van der Waals surface area contributed by atoms with E-state index in [-0.39, 0.29) is 23.8 Å². The van der Waals surface area contributed by atoms with Gasteiger partial charge in [0.15, 0.2) is 5.16 Å². The van der Waals surface area contributed by atoms with Crippen LogP contribution >= 0.6 is 34.4 Å². The first kappa shape index (κ1) is 19.5. The summed E-state index contributed by atoms with van der Waals surface area (Å²) in [5.74, 6) is 2.29. The van der Waals surface area contributed by atoms with Gasteiger partial charge in [-0.15, -0.1) is 29.1 Å². The predicted molar refractivity (Wildman–Crippen MR) is 121 cm³/mol. The fraction of sp³-hybridized carbons (Fsp3) is 0.0952. The molecule has 5 nitrogen and oxygen atoms in total. The Morgan fingerprint density at radius 1 is 1.21 bits per heavy atom. The number of carbonyl (C=O) groups is 1. The van der Waals surface area contributed by atoms with Crippen LogP contribution in [0.3, 0.4) is 0 Å². The van der Waals surface area contributed by atoms with Crippen LogP contribution in [0.2, 0.25) is 0 Å². The average molecular weight is 438 g/mol. The van der Waals surface area contributed by atoms with Crippen LogP contribution in [0, 0.1) is 12.3 Å². The minimum absolute atomic E-state index is 0.121. The van der Waals surface area contributed by atoms with Crippen molar-refractivity contribution < 1.29 is 4.79 Å². The van der Waals surface area contributed by atoms with Crippen molar-refractivity contribution in [2.45, 2.75) is 5.16 Å². The van der Waals surface area contributed by atoms with E-state index in [4.69, 9.17) is 11.4 Å². The highest BCUT2D eigenvalue weighted by atomic mass is 32.2. The van der Waals surface area contributed by atoms with Crippen LogP contribution in [-0.4, -0.2) is 27.8 Å². The van der Waals surface area contributed by atoms with E-state index in [1.165, 1.54) is 23.1 Å². The van der Waals surface area contributed by atoms with E-state index in [0.29, 0.717) is 21.1 Å². The highest BCUT2D eigenvalue weighted by Crippen LogP contribution is 2.35. The average Bonchev–Trinajstić information content (AvgIpc) is 3.41. The highest BCUT2D eigenvalue weighted by molar-refractivity contribution is 7.99. The first-order valence-electron chi connectivity index (χ1n) is 8.65. The normalized spacial score (nSPS) is 10.7. The molecule has 0 radical (unpaired) electrons. The summed E-state index contributed by atoms with van der Waals surface area (Å²) in [6.45, 7) is 0.173. The lowest BCUT2D eigenvalue weighted by atomic mass is 10.2. The molecule has 3 heterocycles. The van der Waals surface area contributed by atoms with E-state index in [9.17, 15) is 9.59 Å². The molecule has 0 unspecified atom stereocenters. The Labute approximate surface area is 179 Å². The van der Waals surface area contributed by atoms with Gasteiger partial charge in [0.25, 0.3) is 5.56 Å². The number of aromatic nitrogens is 2. The fourth-order valence-electron chi connectivity index (χ4n) is 2.82. The van der Waals surface area contributed by atoms with E-state index in [1.807, 2.05) is 53.2 Å². The first-order valence-corrected chi connectivity index (χ1v) is 11.4. The van der Waals surface area contributed by atoms with E-state index >= 15 is 0 Å². The number of hydrogen-bond acceptors (Lipinski definition) is 6. The summed E-state index contributed by atoms with van der Waals surface area (Å²) in [6.07, 6.45) is 5.18. The number of nitrogens with one attached hydrogen (secondary N) is 1. The maximum Gasteiger partial charge on any atom is 0.268 e. The lowest BCUT2D eigenvalue weighted by Gasteiger charge is -2.12. The molecule has 29 heavy (non-hydrogen) atoms. The molecule has 4 aromatic rings. The molecule has 0 aliphatic heterocycles. The maximum absolute atomic E-state index is 13.5. The van der Waals surface area contributed by atoms with Gasteiger partial charge in [-0.05, 0) is 23.6 Å². The SMILES string of the molecule is C#CCNC(=O)CSc1nc2scc(-c3cccs3)c2c(=O)n1-c1ccccc1. The summed E-state index contributed by atoms with van der Waals surface area (Å²) in [6, 6.07) is 13.3. The molecule has 0 fully saturated rings. The van der Waals surface area contributed by atoms with Gasteiger partial charge in [0.2, 0.25) is 5.91 Å². The molecule has 144 valence electrons. The monoisotopic (exact) mass is 437 g/mol. The standard InChI is InChI=1S/C21H15N3O2S3/c1-2-10-22-17(25)13-29-21-23-19-18(15(12-28-19)16-9-6-11-27-16)20(26)24(21)14-7-4-3-5-8-14/h1,3-9,11-12H,10,13H2,(H,22,25). The van der Waals surface area contributed by atoms with Gasteiger partial charge in [0, 0.05) is 15.8 Å². The van der Waals surface area contributed by atoms with Gasteiger partial charge in [-0.2, -0.15) is 0 Å². The molecule has 0 aliphatic carbocycles. The van der Waals surface area contributed by atoms with Crippen molar-refractivity contribution in [1.82, 2.24) is 14.9 Å². The molecule has 0 aliphatic rings. The summed E-state index contributed by atoms with van der Waals surface area (Å²) in [7, 11) is 0. The molecule has 0 saturated heterocycles. The van der Waals surface area contributed by atoms with Crippen LogP contribution in [0.15, 0.2) is 63.2 Å². The fourth-order valence-corrected chi connectivity index (χ4v) is 5.46. The predicted octanol–water partition coefficient (Wildman–Crippen LogP) is 4.02. The number of thioether (sulfide) groups is 1. The van der Waals surface area contributed by atoms with E-state index < -0.39 is 0 Å². The van der Waals surface area contributed by atoms with E-state index in [2.05, 4.69) is 11.2 Å². The molecule has 1 N–H and O–H groups in total. The van der Waals surface area contributed by atoms with Gasteiger partial charge < -0.3 is 5.32 Å². The number of para-hydroxylation sites is 1. The van der Waals surface area contributed by atoms with Crippen molar-refractivity contribution in [3.63, 3.8) is 0 Å². The highest BCUT2D eigenvalue weighted by Gasteiger charge is 2.19. The van der Waals surface area contributed by atoms with Crippen molar-refractivity contribution in [2.24, 2.45) is 0 Å². The Balaban J connectivity index is 1.84. The molecule has 1 aromatic carbocycles. The number of benzene rings is 1. The summed E-state index contributed by atoms with van der Waals surface area (Å²) < 4.78 is 1.57. The van der Waals surface area contributed by atoms with Crippen molar-refractivity contribution in [3.8, 4) is 28.5 Å². The zero-order valence-corrected chi connectivity index (χ0v) is 17.6. The number of carbonyl (C=O) groups excluding carboxylic acids is 1. The maximum atomic E-state index is 13.5. The Kier molecular flexibility index (Phi) is 5.81. The van der Waals surface area contributed by atoms with E-state index in [0.717, 1.165) is 10.4 Å². The molecule has 0 bridgehead atoms. The zero-order valence-electron chi connectivity index (χ0n) is 15.1. The molecular weight excluding hydrogens is 422 g/mol. The Bertz CT molecular complexity index is 1250. The first-order chi connectivity index (χ1) is 14.2. The number of fused-ring (bicyclic) bond motifs is 1. The number of amides is 1. The van der Waals surface area contributed by atoms with Gasteiger partial charge in [-0.25, -0.2) is 4.98 Å². The lowest BCUT2D eigenvalue weighted by Crippen LogP contribution is -2.26. The van der Waals surface area contributed by atoms with Crippen molar-refractivity contribution >= 4 is 50.6 Å². The van der Waals surface area contributed by atoms with Gasteiger partial charge in [-0.3, -0.25) is 14.2 Å². The molecule has 1 amide bonds. The molecule has 3 aromatic heterocycles. The minimum Gasteiger partial charge on any atom is -0.344 e. The number of hydrogen-bond donors (Lipinski definition) is 1. The molecule has 4 rings (SSSR count). The molecule has 8 heteroatoms. The third-order valence-electron chi connectivity index (χ3n) is 4.10. The second-order valence-electron chi connectivity index (χ2n) is 5.95. The van der Waals surface area contributed by atoms with Crippen molar-refractivity contribution in [3.05, 3.63) is 63.6 Å². The van der Waals surface area contributed by atoms with Crippen LogP contribution in [0.1, 0.15) is 0 Å². The molecule has 0 saturated carbocycles. The summed E-state index contributed by atoms with van der Waals surface area (Å²) in [5, 5.41) is 7.66. The number of nitrogens with zero attached hydrogens (tertiary/aromatic N) is 2. The van der Waals surface area contributed by atoms with Crippen LogP contribution in [0.5, 0.6) is 0 Å². The van der Waals surface area contributed by atoms with E-state index in [1.54, 1.807) is 15.9 Å². The number of terminal acetylenes is 1. The third-order valence-corrected chi connectivity index (χ3v) is 6.81. The molecule has 0 atom stereocenters. The zero-order chi connectivity index (χ0) is 20.2. The number of rotatable bonds is 6. The summed E-state index contributed by atoms with van der Waals surface area (Å²) >= 11 is 4.24. The van der Waals surface area contributed by atoms with Crippen molar-refractivity contribution in [2.75, 3.05) is 12.3 Å². The van der Waals surface area contributed by atoms with Crippen molar-refractivity contribution in [1.29, 1.82) is 0 Å². The third kappa shape index (κ3) is 3.98. The molecular formula is C21H15N3O2S3. The van der Waals surface area contributed by atoms with Crippen LogP contribution in [0.4, 0.5) is 0 Å². The second-order valence-corrected chi connectivity index (χ2v) is 8.70. The Morgan fingerprint density at radius 2 is 2.03 bits per heavy atom. The van der Waals surface area contributed by atoms with Crippen LogP contribution < -0.4 is 10.9 Å². The van der Waals surface area contributed by atoms with Gasteiger partial charge >= 0.3 is 0 Å². The van der Waals surface area contributed by atoms with Crippen LogP contribution in [0.25, 0.3) is 26.3 Å². The molecule has 0 spiro atoms. The van der Waals surface area contributed by atoms with Gasteiger partial charge in [0.1, 0.15) is 4.83 Å². The lowest BCUT2D eigenvalue weighted by molar-refractivity contribution is -0.118. The summed E-state index contributed by atoms with van der Waals surface area (Å²) in [4.78, 5) is 31.9. The Morgan fingerprint density at radius 3 is 2.76 bits per heavy atom. The van der Waals surface area contributed by atoms with Gasteiger partial charge in [0.05, 0.1) is 23.4 Å². The summed E-state index contributed by atoms with van der Waals surface area (Å²) in [5.41, 5.74) is 1.46. The van der Waals surface area contributed by atoms with Crippen LogP contribution in [-0.2, 0) is 4.79 Å². The largest absolute Gasteiger partial charge is 0.344 e. The second kappa shape index (κ2) is 8.66. The topological polar surface area (TPSA) is 64.0 Å². The smallest absolute Gasteiger partial charge is 0.268 e.